The molecule has 0 atom stereocenters. The number of aromatic amines is 1. The van der Waals surface area contributed by atoms with Gasteiger partial charge in [0.2, 0.25) is 5.91 Å². The van der Waals surface area contributed by atoms with E-state index in [-0.39, 0.29) is 17.4 Å². The van der Waals surface area contributed by atoms with Crippen LogP contribution < -0.4 is 5.43 Å². The maximum atomic E-state index is 13.9. The predicted octanol–water partition coefficient (Wildman–Crippen LogP) is 3.96. The first kappa shape index (κ1) is 19.2. The lowest BCUT2D eigenvalue weighted by Crippen LogP contribution is -2.32. The average molecular weight is 410 g/mol. The number of hydrogen-bond donors (Lipinski definition) is 2. The highest BCUT2D eigenvalue weighted by Crippen LogP contribution is 2.33. The van der Waals surface area contributed by atoms with Gasteiger partial charge in [-0.2, -0.15) is 0 Å². The molecule has 0 aliphatic carbocycles. The molecule has 1 aliphatic heterocycles. The van der Waals surface area contributed by atoms with Crippen LogP contribution in [0.4, 0.5) is 4.39 Å². The number of nitrogens with zero attached hydrogens (tertiary/aromatic N) is 2. The van der Waals surface area contributed by atoms with Crippen molar-refractivity contribution in [2.45, 2.75) is 13.3 Å². The van der Waals surface area contributed by atoms with E-state index in [9.17, 15) is 14.0 Å². The monoisotopic (exact) mass is 410 g/mol. The van der Waals surface area contributed by atoms with E-state index in [0.29, 0.717) is 33.9 Å². The minimum atomic E-state index is -0.454. The Morgan fingerprint density at radius 2 is 2.07 bits per heavy atom. The van der Waals surface area contributed by atoms with Gasteiger partial charge in [-0.05, 0) is 30.2 Å². The molecule has 0 spiro atoms. The Hall–Kier alpha value is -3.13. The van der Waals surface area contributed by atoms with Crippen LogP contribution in [0.1, 0.15) is 23.8 Å². The molecule has 1 saturated heterocycles. The molecule has 148 valence electrons. The fraction of sp³-hybridized carbons (Fsp3) is 0.190. The molecule has 0 radical (unpaired) electrons. The number of aromatic nitrogens is 1. The van der Waals surface area contributed by atoms with Gasteiger partial charge in [-0.15, -0.1) is 5.10 Å². The molecule has 4 rings (SSSR count). The number of halogens is 1. The zero-order chi connectivity index (χ0) is 20.4. The SMILES string of the molecule is CCCN1C(=O)CS/C1=N\NC(=O)c1[nH]c2ccc(F)cc2c1-c1ccccc1. The third-order valence-corrected chi connectivity index (χ3v) is 5.57. The third-order valence-electron chi connectivity index (χ3n) is 4.61. The fourth-order valence-corrected chi connectivity index (χ4v) is 4.19. The Bertz CT molecular complexity index is 1110. The van der Waals surface area contributed by atoms with Crippen LogP contribution in [0.3, 0.4) is 0 Å². The van der Waals surface area contributed by atoms with Crippen LogP contribution in [-0.4, -0.2) is 39.2 Å². The number of hydrogen-bond acceptors (Lipinski definition) is 4. The van der Waals surface area contributed by atoms with E-state index in [1.165, 1.54) is 23.9 Å². The van der Waals surface area contributed by atoms with Gasteiger partial charge in [0.05, 0.1) is 5.75 Å². The summed E-state index contributed by atoms with van der Waals surface area (Å²) in [6.45, 7) is 2.53. The van der Waals surface area contributed by atoms with Gasteiger partial charge >= 0.3 is 0 Å². The van der Waals surface area contributed by atoms with Gasteiger partial charge in [0, 0.05) is 23.0 Å². The molecule has 3 aromatic rings. The Morgan fingerprint density at radius 1 is 1.28 bits per heavy atom. The largest absolute Gasteiger partial charge is 0.350 e. The maximum Gasteiger partial charge on any atom is 0.288 e. The second-order valence-corrected chi connectivity index (χ2v) is 7.54. The van der Waals surface area contributed by atoms with E-state index in [1.807, 2.05) is 37.3 Å². The smallest absolute Gasteiger partial charge is 0.288 e. The predicted molar refractivity (Wildman–Crippen MR) is 113 cm³/mol. The minimum Gasteiger partial charge on any atom is -0.350 e. The zero-order valence-corrected chi connectivity index (χ0v) is 16.6. The maximum absolute atomic E-state index is 13.9. The zero-order valence-electron chi connectivity index (χ0n) is 15.7. The number of H-pyrrole nitrogens is 1. The number of fused-ring (bicyclic) bond motifs is 1. The normalized spacial score (nSPS) is 15.4. The van der Waals surface area contributed by atoms with Crippen LogP contribution in [0.25, 0.3) is 22.0 Å². The number of amides is 2. The first-order valence-electron chi connectivity index (χ1n) is 9.26. The fourth-order valence-electron chi connectivity index (χ4n) is 3.32. The molecule has 6 nitrogen and oxygen atoms in total. The highest BCUT2D eigenvalue weighted by atomic mass is 32.2. The summed E-state index contributed by atoms with van der Waals surface area (Å²) in [5, 5.41) is 5.26. The summed E-state index contributed by atoms with van der Waals surface area (Å²) < 4.78 is 13.9. The Morgan fingerprint density at radius 3 is 2.83 bits per heavy atom. The van der Waals surface area contributed by atoms with Crippen LogP contribution in [0.2, 0.25) is 0 Å². The molecule has 2 aromatic carbocycles. The van der Waals surface area contributed by atoms with E-state index >= 15 is 0 Å². The van der Waals surface area contributed by atoms with Gasteiger partial charge in [-0.3, -0.25) is 14.5 Å². The van der Waals surface area contributed by atoms with Crippen molar-refractivity contribution in [3.63, 3.8) is 0 Å². The van der Waals surface area contributed by atoms with E-state index in [4.69, 9.17) is 0 Å². The van der Waals surface area contributed by atoms with Gasteiger partial charge in [-0.25, -0.2) is 9.82 Å². The molecule has 2 amide bonds. The van der Waals surface area contributed by atoms with Crippen LogP contribution in [0, 0.1) is 5.82 Å². The van der Waals surface area contributed by atoms with E-state index in [1.54, 1.807) is 11.0 Å². The second kappa shape index (κ2) is 8.08. The van der Waals surface area contributed by atoms with Crippen molar-refractivity contribution in [1.29, 1.82) is 0 Å². The van der Waals surface area contributed by atoms with E-state index in [0.717, 1.165) is 12.0 Å². The molecule has 1 aromatic heterocycles. The molecule has 2 N–H and O–H groups in total. The van der Waals surface area contributed by atoms with Gasteiger partial charge in [0.1, 0.15) is 11.5 Å². The van der Waals surface area contributed by atoms with Crippen LogP contribution in [0.5, 0.6) is 0 Å². The van der Waals surface area contributed by atoms with E-state index < -0.39 is 5.91 Å². The van der Waals surface area contributed by atoms with Crippen molar-refractivity contribution < 1.29 is 14.0 Å². The topological polar surface area (TPSA) is 77.6 Å². The number of thioether (sulfide) groups is 1. The number of hydrazone groups is 1. The van der Waals surface area contributed by atoms with E-state index in [2.05, 4.69) is 15.5 Å². The lowest BCUT2D eigenvalue weighted by molar-refractivity contribution is -0.124. The highest BCUT2D eigenvalue weighted by molar-refractivity contribution is 8.15. The molecule has 1 aliphatic rings. The quantitative estimate of drug-likeness (QED) is 0.625. The average Bonchev–Trinajstić information content (AvgIpc) is 3.28. The molecule has 0 unspecified atom stereocenters. The number of carbonyl (C=O) groups is 2. The molecular weight excluding hydrogens is 391 g/mol. The highest BCUT2D eigenvalue weighted by Gasteiger charge is 2.28. The van der Waals surface area contributed by atoms with Crippen LogP contribution in [-0.2, 0) is 4.79 Å². The van der Waals surface area contributed by atoms with Crippen LogP contribution >= 0.6 is 11.8 Å². The number of carbonyl (C=O) groups excluding carboxylic acids is 2. The van der Waals surface area contributed by atoms with Crippen molar-refractivity contribution in [3.8, 4) is 11.1 Å². The summed E-state index contributed by atoms with van der Waals surface area (Å²) in [6.07, 6.45) is 0.797. The van der Waals surface area contributed by atoms with Crippen molar-refractivity contribution >= 4 is 39.6 Å². The minimum absolute atomic E-state index is 0.0177. The summed E-state index contributed by atoms with van der Waals surface area (Å²) in [7, 11) is 0. The summed E-state index contributed by atoms with van der Waals surface area (Å²) in [4.78, 5) is 29.5. The van der Waals surface area contributed by atoms with Crippen LogP contribution in [0.15, 0.2) is 53.6 Å². The second-order valence-electron chi connectivity index (χ2n) is 6.60. The summed E-state index contributed by atoms with van der Waals surface area (Å²) in [5.41, 5.74) is 4.89. The molecule has 2 heterocycles. The van der Waals surface area contributed by atoms with Gasteiger partial charge in [-0.1, -0.05) is 49.0 Å². The Labute approximate surface area is 171 Å². The molecule has 29 heavy (non-hydrogen) atoms. The molecule has 1 fully saturated rings. The molecule has 8 heteroatoms. The van der Waals surface area contributed by atoms with Gasteiger partial charge in [0.25, 0.3) is 5.91 Å². The lowest BCUT2D eigenvalue weighted by Gasteiger charge is -2.14. The number of amidine groups is 1. The van der Waals surface area contributed by atoms with Crippen molar-refractivity contribution in [2.24, 2.45) is 5.10 Å². The Balaban J connectivity index is 1.71. The molecule has 0 saturated carbocycles. The Kier molecular flexibility index (Phi) is 5.35. The van der Waals surface area contributed by atoms with Gasteiger partial charge < -0.3 is 4.98 Å². The third kappa shape index (κ3) is 3.75. The number of rotatable bonds is 5. The standard InChI is InChI=1S/C21H19FN4O2S/c1-2-10-26-17(27)12-29-21(26)25-24-20(28)19-18(13-6-4-3-5-7-13)15-11-14(22)8-9-16(15)23-19/h3-9,11,23H,2,10,12H2,1H3,(H,24,28)/b25-21-. The number of nitrogens with one attached hydrogen (secondary N) is 2. The summed E-state index contributed by atoms with van der Waals surface area (Å²) in [6, 6.07) is 13.7. The van der Waals surface area contributed by atoms with Gasteiger partial charge in [0.15, 0.2) is 5.17 Å². The first-order valence-corrected chi connectivity index (χ1v) is 10.2. The van der Waals surface area contributed by atoms with Crippen molar-refractivity contribution in [3.05, 3.63) is 60.0 Å². The van der Waals surface area contributed by atoms with Crippen molar-refractivity contribution in [1.82, 2.24) is 15.3 Å². The molecular formula is C21H19FN4O2S. The lowest BCUT2D eigenvalue weighted by atomic mass is 10.0. The van der Waals surface area contributed by atoms with Crippen molar-refractivity contribution in [2.75, 3.05) is 12.3 Å². The molecule has 0 bridgehead atoms. The number of benzene rings is 2. The summed E-state index contributed by atoms with van der Waals surface area (Å²) >= 11 is 1.30. The first-order chi connectivity index (χ1) is 14.1. The summed E-state index contributed by atoms with van der Waals surface area (Å²) in [5.74, 6) is -0.535.